The lowest BCUT2D eigenvalue weighted by molar-refractivity contribution is -0.117. The van der Waals surface area contributed by atoms with Gasteiger partial charge in [0.15, 0.2) is 0 Å². The van der Waals surface area contributed by atoms with Crippen LogP contribution in [0.1, 0.15) is 28.2 Å². The standard InChI is InChI=1S/C18H20N2O/c1-12-7-8-17(13(2)9-12)20-18(21)16-11-19-10-14-5-3-4-6-15(14)16/h3-9,16,19H,10-11H2,1-2H3,(H,20,21). The normalized spacial score (nSPS) is 17.1. The lowest BCUT2D eigenvalue weighted by Gasteiger charge is -2.25. The topological polar surface area (TPSA) is 41.1 Å². The van der Waals surface area contributed by atoms with Crippen LogP contribution < -0.4 is 10.6 Å². The Morgan fingerprint density at radius 1 is 1.19 bits per heavy atom. The van der Waals surface area contributed by atoms with E-state index in [-0.39, 0.29) is 11.8 Å². The number of nitrogens with one attached hydrogen (secondary N) is 2. The third kappa shape index (κ3) is 2.83. The summed E-state index contributed by atoms with van der Waals surface area (Å²) >= 11 is 0. The summed E-state index contributed by atoms with van der Waals surface area (Å²) in [5.74, 6) is -0.0720. The Kier molecular flexibility index (Phi) is 3.76. The van der Waals surface area contributed by atoms with E-state index < -0.39 is 0 Å². The highest BCUT2D eigenvalue weighted by Gasteiger charge is 2.26. The summed E-state index contributed by atoms with van der Waals surface area (Å²) in [6, 6.07) is 14.2. The molecule has 1 amide bonds. The number of carbonyl (C=O) groups is 1. The van der Waals surface area contributed by atoms with E-state index >= 15 is 0 Å². The van der Waals surface area contributed by atoms with Gasteiger partial charge in [-0.1, -0.05) is 42.0 Å². The first kappa shape index (κ1) is 13.8. The number of hydrogen-bond donors (Lipinski definition) is 2. The maximum absolute atomic E-state index is 12.6. The number of hydrogen-bond acceptors (Lipinski definition) is 2. The molecule has 1 heterocycles. The molecule has 3 heteroatoms. The molecule has 1 unspecified atom stereocenters. The van der Waals surface area contributed by atoms with E-state index in [1.165, 1.54) is 11.1 Å². The lowest BCUT2D eigenvalue weighted by Crippen LogP contribution is -2.35. The second-order valence-electron chi connectivity index (χ2n) is 5.69. The quantitative estimate of drug-likeness (QED) is 0.887. The highest BCUT2D eigenvalue weighted by molar-refractivity contribution is 5.97. The molecule has 108 valence electrons. The number of aryl methyl sites for hydroxylation is 2. The molecule has 2 aromatic rings. The van der Waals surface area contributed by atoms with Crippen LogP contribution in [0.3, 0.4) is 0 Å². The molecule has 21 heavy (non-hydrogen) atoms. The molecule has 1 aliphatic rings. The van der Waals surface area contributed by atoms with Crippen molar-refractivity contribution in [3.05, 3.63) is 64.7 Å². The summed E-state index contributed by atoms with van der Waals surface area (Å²) in [4.78, 5) is 12.6. The molecule has 1 atom stereocenters. The summed E-state index contributed by atoms with van der Waals surface area (Å²) in [5.41, 5.74) is 5.55. The minimum Gasteiger partial charge on any atom is -0.325 e. The van der Waals surface area contributed by atoms with E-state index in [2.05, 4.69) is 35.8 Å². The van der Waals surface area contributed by atoms with Gasteiger partial charge in [0.2, 0.25) is 5.91 Å². The summed E-state index contributed by atoms with van der Waals surface area (Å²) in [5, 5.41) is 6.39. The van der Waals surface area contributed by atoms with Gasteiger partial charge in [-0.15, -0.1) is 0 Å². The number of anilines is 1. The first-order valence-electron chi connectivity index (χ1n) is 7.32. The summed E-state index contributed by atoms with van der Waals surface area (Å²) in [7, 11) is 0. The zero-order valence-electron chi connectivity index (χ0n) is 12.4. The van der Waals surface area contributed by atoms with Gasteiger partial charge in [0.25, 0.3) is 0 Å². The predicted molar refractivity (Wildman–Crippen MR) is 85.4 cm³/mol. The maximum atomic E-state index is 12.6. The smallest absolute Gasteiger partial charge is 0.233 e. The van der Waals surface area contributed by atoms with Crippen LogP contribution in [-0.4, -0.2) is 12.5 Å². The molecular weight excluding hydrogens is 260 g/mol. The molecule has 0 aliphatic carbocycles. The molecule has 0 saturated carbocycles. The van der Waals surface area contributed by atoms with E-state index in [0.29, 0.717) is 6.54 Å². The van der Waals surface area contributed by atoms with Crippen molar-refractivity contribution in [1.29, 1.82) is 0 Å². The summed E-state index contributed by atoms with van der Waals surface area (Å²) in [6.07, 6.45) is 0. The van der Waals surface area contributed by atoms with Crippen molar-refractivity contribution in [2.24, 2.45) is 0 Å². The van der Waals surface area contributed by atoms with Crippen LogP contribution in [0.15, 0.2) is 42.5 Å². The Hall–Kier alpha value is -2.13. The summed E-state index contributed by atoms with van der Waals surface area (Å²) in [6.45, 7) is 5.60. The molecule has 3 rings (SSSR count). The van der Waals surface area contributed by atoms with Crippen LogP contribution in [0.2, 0.25) is 0 Å². The molecule has 0 saturated heterocycles. The molecule has 0 spiro atoms. The number of fused-ring (bicyclic) bond motifs is 1. The van der Waals surface area contributed by atoms with Crippen LogP contribution in [0.25, 0.3) is 0 Å². The van der Waals surface area contributed by atoms with Gasteiger partial charge < -0.3 is 10.6 Å². The highest BCUT2D eigenvalue weighted by Crippen LogP contribution is 2.26. The van der Waals surface area contributed by atoms with Gasteiger partial charge in [-0.25, -0.2) is 0 Å². The second-order valence-corrected chi connectivity index (χ2v) is 5.69. The fourth-order valence-electron chi connectivity index (χ4n) is 2.90. The lowest BCUT2D eigenvalue weighted by atomic mass is 9.90. The van der Waals surface area contributed by atoms with Gasteiger partial charge in [-0.2, -0.15) is 0 Å². The van der Waals surface area contributed by atoms with Crippen LogP contribution in [0.5, 0.6) is 0 Å². The van der Waals surface area contributed by atoms with Crippen LogP contribution in [0, 0.1) is 13.8 Å². The van der Waals surface area contributed by atoms with Crippen LogP contribution in [0.4, 0.5) is 5.69 Å². The molecule has 0 bridgehead atoms. The van der Waals surface area contributed by atoms with Crippen molar-refractivity contribution in [1.82, 2.24) is 5.32 Å². The minimum absolute atomic E-state index is 0.0570. The highest BCUT2D eigenvalue weighted by atomic mass is 16.1. The first-order valence-corrected chi connectivity index (χ1v) is 7.32. The fraction of sp³-hybridized carbons (Fsp3) is 0.278. The van der Waals surface area contributed by atoms with Gasteiger partial charge in [-0.3, -0.25) is 4.79 Å². The van der Waals surface area contributed by atoms with Gasteiger partial charge >= 0.3 is 0 Å². The van der Waals surface area contributed by atoms with Gasteiger partial charge in [0.1, 0.15) is 0 Å². The average Bonchev–Trinajstić information content (AvgIpc) is 2.49. The average molecular weight is 280 g/mol. The Balaban J connectivity index is 1.83. The Labute approximate surface area is 125 Å². The van der Waals surface area contributed by atoms with Crippen LogP contribution >= 0.6 is 0 Å². The van der Waals surface area contributed by atoms with Crippen molar-refractivity contribution in [3.8, 4) is 0 Å². The minimum atomic E-state index is -0.129. The Morgan fingerprint density at radius 2 is 2.00 bits per heavy atom. The van der Waals surface area contributed by atoms with Crippen molar-refractivity contribution in [2.75, 3.05) is 11.9 Å². The van der Waals surface area contributed by atoms with E-state index in [0.717, 1.165) is 23.4 Å². The number of amides is 1. The third-order valence-corrected chi connectivity index (χ3v) is 4.05. The monoisotopic (exact) mass is 280 g/mol. The molecule has 2 N–H and O–H groups in total. The molecule has 2 aromatic carbocycles. The van der Waals surface area contributed by atoms with Gasteiger partial charge in [-0.05, 0) is 36.6 Å². The zero-order valence-corrected chi connectivity index (χ0v) is 12.4. The SMILES string of the molecule is Cc1ccc(NC(=O)C2CNCc3ccccc32)c(C)c1. The molecule has 0 aromatic heterocycles. The fourth-order valence-corrected chi connectivity index (χ4v) is 2.90. The summed E-state index contributed by atoms with van der Waals surface area (Å²) < 4.78 is 0. The Morgan fingerprint density at radius 3 is 2.81 bits per heavy atom. The van der Waals surface area contributed by atoms with Gasteiger partial charge in [0.05, 0.1) is 5.92 Å². The maximum Gasteiger partial charge on any atom is 0.233 e. The molecule has 3 nitrogen and oxygen atoms in total. The molecule has 0 radical (unpaired) electrons. The van der Waals surface area contributed by atoms with Crippen molar-refractivity contribution in [3.63, 3.8) is 0 Å². The van der Waals surface area contributed by atoms with Crippen molar-refractivity contribution in [2.45, 2.75) is 26.3 Å². The molecule has 0 fully saturated rings. The van der Waals surface area contributed by atoms with Gasteiger partial charge in [0, 0.05) is 18.8 Å². The Bertz CT molecular complexity index is 679. The van der Waals surface area contributed by atoms with E-state index in [1.54, 1.807) is 0 Å². The van der Waals surface area contributed by atoms with E-state index in [1.807, 2.05) is 31.2 Å². The number of rotatable bonds is 2. The van der Waals surface area contributed by atoms with Crippen molar-refractivity contribution >= 4 is 11.6 Å². The van der Waals surface area contributed by atoms with E-state index in [9.17, 15) is 4.79 Å². The second kappa shape index (κ2) is 5.70. The van der Waals surface area contributed by atoms with E-state index in [4.69, 9.17) is 0 Å². The predicted octanol–water partition coefficient (Wildman–Crippen LogP) is 3.13. The van der Waals surface area contributed by atoms with Crippen LogP contribution in [-0.2, 0) is 11.3 Å². The third-order valence-electron chi connectivity index (χ3n) is 4.05. The largest absolute Gasteiger partial charge is 0.325 e. The number of carbonyl (C=O) groups excluding carboxylic acids is 1. The first-order chi connectivity index (χ1) is 10.1. The zero-order chi connectivity index (χ0) is 14.8. The molecular formula is C18H20N2O. The number of benzene rings is 2. The molecule has 1 aliphatic heterocycles. The van der Waals surface area contributed by atoms with Crippen molar-refractivity contribution < 1.29 is 4.79 Å².